The molecule has 2 rings (SSSR count). The zero-order valence-electron chi connectivity index (χ0n) is 10.4. The van der Waals surface area contributed by atoms with Gasteiger partial charge in [-0.25, -0.2) is 0 Å². The number of hydrogen-bond acceptors (Lipinski definition) is 4. The van der Waals surface area contributed by atoms with Crippen LogP contribution in [0.4, 0.5) is 0 Å². The van der Waals surface area contributed by atoms with Gasteiger partial charge in [0.2, 0.25) is 0 Å². The van der Waals surface area contributed by atoms with Gasteiger partial charge in [0.25, 0.3) is 0 Å². The van der Waals surface area contributed by atoms with Crippen molar-refractivity contribution in [1.29, 1.82) is 0 Å². The van der Waals surface area contributed by atoms with E-state index >= 15 is 0 Å². The molecule has 1 N–H and O–H groups in total. The van der Waals surface area contributed by atoms with E-state index < -0.39 is 6.10 Å². The number of rotatable bonds is 6. The van der Waals surface area contributed by atoms with Crippen LogP contribution in [0.5, 0.6) is 0 Å². The summed E-state index contributed by atoms with van der Waals surface area (Å²) in [5.41, 5.74) is 1.86. The molecule has 5 nitrogen and oxygen atoms in total. The summed E-state index contributed by atoms with van der Waals surface area (Å²) in [5.74, 6) is 0. The van der Waals surface area contributed by atoms with E-state index in [1.807, 2.05) is 18.2 Å². The molecular weight excluding hydrogens is 230 g/mol. The van der Waals surface area contributed by atoms with Crippen LogP contribution in [0.2, 0.25) is 0 Å². The maximum Gasteiger partial charge on any atom is 0.0996 e. The molecule has 0 spiro atoms. The number of ether oxygens (including phenoxy) is 1. The third kappa shape index (κ3) is 3.15. The number of hydrogen-bond donors (Lipinski definition) is 1. The first-order valence-corrected chi connectivity index (χ1v) is 5.89. The molecule has 0 fully saturated rings. The third-order valence-electron chi connectivity index (χ3n) is 2.78. The Labute approximate surface area is 106 Å². The van der Waals surface area contributed by atoms with Crippen molar-refractivity contribution < 1.29 is 9.84 Å². The molecule has 1 unspecified atom stereocenters. The minimum atomic E-state index is -0.563. The van der Waals surface area contributed by atoms with Gasteiger partial charge in [-0.15, -0.1) is 0 Å². The number of aliphatic hydroxyl groups excluding tert-OH is 1. The van der Waals surface area contributed by atoms with Gasteiger partial charge in [-0.3, -0.25) is 9.67 Å². The highest BCUT2D eigenvalue weighted by Crippen LogP contribution is 2.17. The lowest BCUT2D eigenvalue weighted by atomic mass is 10.1. The Morgan fingerprint density at radius 1 is 1.28 bits per heavy atom. The molecule has 18 heavy (non-hydrogen) atoms. The van der Waals surface area contributed by atoms with Crippen LogP contribution in [-0.4, -0.2) is 33.6 Å². The molecule has 96 valence electrons. The second-order valence-corrected chi connectivity index (χ2v) is 4.05. The van der Waals surface area contributed by atoms with Gasteiger partial charge in [0.1, 0.15) is 0 Å². The van der Waals surface area contributed by atoms with E-state index in [-0.39, 0.29) is 0 Å². The maximum atomic E-state index is 10.2. The van der Waals surface area contributed by atoms with E-state index in [2.05, 4.69) is 10.1 Å². The lowest BCUT2D eigenvalue weighted by Gasteiger charge is -2.13. The quantitative estimate of drug-likeness (QED) is 0.833. The SMILES string of the molecule is COCCn1nccc1C(O)Cc1ccncc1. The molecule has 2 heterocycles. The van der Waals surface area contributed by atoms with Crippen LogP contribution < -0.4 is 0 Å². The van der Waals surface area contributed by atoms with E-state index in [0.717, 1.165) is 11.3 Å². The summed E-state index contributed by atoms with van der Waals surface area (Å²) >= 11 is 0. The summed E-state index contributed by atoms with van der Waals surface area (Å²) in [6, 6.07) is 5.64. The Morgan fingerprint density at radius 3 is 2.78 bits per heavy atom. The molecule has 0 aliphatic heterocycles. The molecule has 0 aliphatic rings. The topological polar surface area (TPSA) is 60.2 Å². The second kappa shape index (κ2) is 6.28. The van der Waals surface area contributed by atoms with Crippen molar-refractivity contribution in [3.63, 3.8) is 0 Å². The van der Waals surface area contributed by atoms with Crippen molar-refractivity contribution in [3.05, 3.63) is 48.0 Å². The Bertz CT molecular complexity index is 470. The number of aliphatic hydroxyl groups is 1. The molecule has 1 atom stereocenters. The Morgan fingerprint density at radius 2 is 2.06 bits per heavy atom. The van der Waals surface area contributed by atoms with E-state index in [1.165, 1.54) is 0 Å². The number of methoxy groups -OCH3 is 1. The predicted octanol–water partition coefficient (Wildman–Crippen LogP) is 1.20. The van der Waals surface area contributed by atoms with Gasteiger partial charge >= 0.3 is 0 Å². The monoisotopic (exact) mass is 247 g/mol. The van der Waals surface area contributed by atoms with Crippen molar-refractivity contribution in [2.45, 2.75) is 19.1 Å². The number of aromatic nitrogens is 3. The lowest BCUT2D eigenvalue weighted by molar-refractivity contribution is 0.153. The van der Waals surface area contributed by atoms with E-state index in [1.54, 1.807) is 30.4 Å². The molecule has 0 bridgehead atoms. The van der Waals surface area contributed by atoms with Crippen molar-refractivity contribution in [2.75, 3.05) is 13.7 Å². The highest BCUT2D eigenvalue weighted by Gasteiger charge is 2.13. The molecule has 0 saturated carbocycles. The van der Waals surface area contributed by atoms with Crippen LogP contribution in [0.1, 0.15) is 17.4 Å². The first-order valence-electron chi connectivity index (χ1n) is 5.89. The summed E-state index contributed by atoms with van der Waals surface area (Å²) in [6.45, 7) is 1.23. The van der Waals surface area contributed by atoms with Crippen LogP contribution in [0.15, 0.2) is 36.8 Å². The van der Waals surface area contributed by atoms with Crippen LogP contribution >= 0.6 is 0 Å². The zero-order chi connectivity index (χ0) is 12.8. The predicted molar refractivity (Wildman–Crippen MR) is 67.0 cm³/mol. The van der Waals surface area contributed by atoms with Gasteiger partial charge in [0.05, 0.1) is 24.9 Å². The van der Waals surface area contributed by atoms with Crippen molar-refractivity contribution >= 4 is 0 Å². The van der Waals surface area contributed by atoms with E-state index in [4.69, 9.17) is 4.74 Å². The molecule has 2 aromatic rings. The summed E-state index contributed by atoms with van der Waals surface area (Å²) in [4.78, 5) is 3.96. The highest BCUT2D eigenvalue weighted by molar-refractivity contribution is 5.15. The van der Waals surface area contributed by atoms with Crippen LogP contribution in [0, 0.1) is 0 Å². The lowest BCUT2D eigenvalue weighted by Crippen LogP contribution is -2.13. The molecule has 0 saturated heterocycles. The molecule has 2 aromatic heterocycles. The van der Waals surface area contributed by atoms with Gasteiger partial charge < -0.3 is 9.84 Å². The largest absolute Gasteiger partial charge is 0.386 e. The minimum Gasteiger partial charge on any atom is -0.386 e. The Hall–Kier alpha value is -1.72. The standard InChI is InChI=1S/C13H17N3O2/c1-18-9-8-16-12(4-7-15-16)13(17)10-11-2-5-14-6-3-11/h2-7,13,17H,8-10H2,1H3. The fourth-order valence-corrected chi connectivity index (χ4v) is 1.84. The first kappa shape index (κ1) is 12.7. The summed E-state index contributed by atoms with van der Waals surface area (Å²) in [5, 5.41) is 14.4. The van der Waals surface area contributed by atoms with E-state index in [9.17, 15) is 5.11 Å². The summed E-state index contributed by atoms with van der Waals surface area (Å²) in [7, 11) is 1.65. The van der Waals surface area contributed by atoms with E-state index in [0.29, 0.717) is 19.6 Å². The van der Waals surface area contributed by atoms with Gasteiger partial charge in [-0.2, -0.15) is 5.10 Å². The molecule has 0 amide bonds. The normalized spacial score (nSPS) is 12.6. The smallest absolute Gasteiger partial charge is 0.0996 e. The van der Waals surface area contributed by atoms with Crippen LogP contribution in [0.25, 0.3) is 0 Å². The fourth-order valence-electron chi connectivity index (χ4n) is 1.84. The fraction of sp³-hybridized carbons (Fsp3) is 0.385. The van der Waals surface area contributed by atoms with Crippen molar-refractivity contribution in [1.82, 2.24) is 14.8 Å². The Kier molecular flexibility index (Phi) is 4.44. The van der Waals surface area contributed by atoms with Crippen molar-refractivity contribution in [2.24, 2.45) is 0 Å². The van der Waals surface area contributed by atoms with Gasteiger partial charge in [-0.05, 0) is 23.8 Å². The second-order valence-electron chi connectivity index (χ2n) is 4.05. The van der Waals surface area contributed by atoms with Crippen LogP contribution in [0.3, 0.4) is 0 Å². The van der Waals surface area contributed by atoms with Crippen molar-refractivity contribution in [3.8, 4) is 0 Å². The average molecular weight is 247 g/mol. The van der Waals surface area contributed by atoms with Gasteiger partial charge in [0, 0.05) is 32.1 Å². The Balaban J connectivity index is 2.04. The molecular formula is C13H17N3O2. The van der Waals surface area contributed by atoms with Gasteiger partial charge in [-0.1, -0.05) is 0 Å². The number of nitrogens with zero attached hydrogens (tertiary/aromatic N) is 3. The number of pyridine rings is 1. The highest BCUT2D eigenvalue weighted by atomic mass is 16.5. The summed E-state index contributed by atoms with van der Waals surface area (Å²) in [6.07, 6.45) is 5.14. The minimum absolute atomic E-state index is 0.557. The average Bonchev–Trinajstić information content (AvgIpc) is 2.86. The molecule has 0 radical (unpaired) electrons. The van der Waals surface area contributed by atoms with Crippen LogP contribution in [-0.2, 0) is 17.7 Å². The zero-order valence-corrected chi connectivity index (χ0v) is 10.4. The third-order valence-corrected chi connectivity index (χ3v) is 2.78. The van der Waals surface area contributed by atoms with Gasteiger partial charge in [0.15, 0.2) is 0 Å². The maximum absolute atomic E-state index is 10.2. The molecule has 5 heteroatoms. The summed E-state index contributed by atoms with van der Waals surface area (Å²) < 4.78 is 6.79. The molecule has 0 aromatic carbocycles. The molecule has 0 aliphatic carbocycles. The first-order chi connectivity index (χ1) is 8.81.